The van der Waals surface area contributed by atoms with Crippen molar-refractivity contribution >= 4 is 28.8 Å². The van der Waals surface area contributed by atoms with Gasteiger partial charge in [-0.2, -0.15) is 0 Å². The molecule has 0 aliphatic carbocycles. The Bertz CT molecular complexity index is 1040. The molecule has 0 bridgehead atoms. The molecular formula is C21H22Cl2N4O2. The number of imidazole rings is 1. The van der Waals surface area contributed by atoms with E-state index in [4.69, 9.17) is 37.7 Å². The summed E-state index contributed by atoms with van der Waals surface area (Å²) in [6.45, 7) is 5.95. The lowest BCUT2D eigenvalue weighted by molar-refractivity contribution is 0.171. The van der Waals surface area contributed by atoms with Gasteiger partial charge in [-0.25, -0.2) is 4.98 Å². The number of halogens is 2. The van der Waals surface area contributed by atoms with E-state index in [0.717, 1.165) is 67.6 Å². The first-order valence-electron chi connectivity index (χ1n) is 9.88. The van der Waals surface area contributed by atoms with Crippen LogP contribution in [0.3, 0.4) is 0 Å². The highest BCUT2D eigenvalue weighted by Gasteiger charge is 2.21. The lowest BCUT2D eigenvalue weighted by atomic mass is 10.1. The SMILES string of the molecule is Clc1cc(Cl)c2nc(-c3ccc4c(c3)OCCO4)c(CN3CCCNCC3)n2c1. The first-order chi connectivity index (χ1) is 14.2. The van der Waals surface area contributed by atoms with Crippen LogP contribution in [0, 0.1) is 0 Å². The van der Waals surface area contributed by atoms with Crippen molar-refractivity contribution in [1.29, 1.82) is 0 Å². The second-order valence-electron chi connectivity index (χ2n) is 7.35. The van der Waals surface area contributed by atoms with E-state index >= 15 is 0 Å². The molecule has 0 spiro atoms. The maximum absolute atomic E-state index is 6.48. The number of benzene rings is 1. The summed E-state index contributed by atoms with van der Waals surface area (Å²) in [6, 6.07) is 7.71. The molecule has 8 heteroatoms. The average Bonchev–Trinajstić information content (AvgIpc) is 2.89. The van der Waals surface area contributed by atoms with Gasteiger partial charge in [0.05, 0.1) is 21.4 Å². The largest absolute Gasteiger partial charge is 0.486 e. The first-order valence-corrected chi connectivity index (χ1v) is 10.6. The van der Waals surface area contributed by atoms with Crippen LogP contribution >= 0.6 is 23.2 Å². The molecule has 3 aromatic rings. The number of hydrogen-bond acceptors (Lipinski definition) is 5. The van der Waals surface area contributed by atoms with E-state index in [-0.39, 0.29) is 0 Å². The van der Waals surface area contributed by atoms with E-state index in [1.54, 1.807) is 6.07 Å². The molecule has 0 unspecified atom stereocenters. The van der Waals surface area contributed by atoms with Gasteiger partial charge >= 0.3 is 0 Å². The number of pyridine rings is 1. The van der Waals surface area contributed by atoms with E-state index in [1.165, 1.54) is 0 Å². The quantitative estimate of drug-likeness (QED) is 0.680. The van der Waals surface area contributed by atoms with Gasteiger partial charge in [0.25, 0.3) is 0 Å². The third-order valence-electron chi connectivity index (χ3n) is 5.36. The van der Waals surface area contributed by atoms with Crippen molar-refractivity contribution in [3.05, 3.63) is 46.2 Å². The third kappa shape index (κ3) is 3.78. The smallest absolute Gasteiger partial charge is 0.162 e. The van der Waals surface area contributed by atoms with Gasteiger partial charge in [0, 0.05) is 31.4 Å². The van der Waals surface area contributed by atoms with Crippen LogP contribution in [-0.2, 0) is 6.54 Å². The van der Waals surface area contributed by atoms with E-state index in [9.17, 15) is 0 Å². The summed E-state index contributed by atoms with van der Waals surface area (Å²) in [5, 5.41) is 4.59. The summed E-state index contributed by atoms with van der Waals surface area (Å²) in [5.41, 5.74) is 3.66. The predicted molar refractivity (Wildman–Crippen MR) is 114 cm³/mol. The number of fused-ring (bicyclic) bond motifs is 2. The Morgan fingerprint density at radius 3 is 2.79 bits per heavy atom. The molecule has 1 fully saturated rings. The van der Waals surface area contributed by atoms with Crippen molar-refractivity contribution in [2.45, 2.75) is 13.0 Å². The summed E-state index contributed by atoms with van der Waals surface area (Å²) in [7, 11) is 0. The van der Waals surface area contributed by atoms with Crippen molar-refractivity contribution in [1.82, 2.24) is 19.6 Å². The molecule has 4 heterocycles. The minimum absolute atomic E-state index is 0.542. The van der Waals surface area contributed by atoms with Gasteiger partial charge in [-0.3, -0.25) is 9.30 Å². The zero-order valence-corrected chi connectivity index (χ0v) is 17.5. The van der Waals surface area contributed by atoms with E-state index in [2.05, 4.69) is 10.2 Å². The molecule has 2 aromatic heterocycles. The monoisotopic (exact) mass is 432 g/mol. The molecular weight excluding hydrogens is 411 g/mol. The Hall–Kier alpha value is -1.99. The molecule has 29 heavy (non-hydrogen) atoms. The number of rotatable bonds is 3. The molecule has 0 amide bonds. The minimum atomic E-state index is 0.542. The third-order valence-corrected chi connectivity index (χ3v) is 5.85. The Morgan fingerprint density at radius 1 is 1.03 bits per heavy atom. The first kappa shape index (κ1) is 19.0. The molecule has 0 radical (unpaired) electrons. The Kier molecular flexibility index (Phi) is 5.26. The van der Waals surface area contributed by atoms with E-state index in [0.29, 0.717) is 28.9 Å². The summed E-state index contributed by atoms with van der Waals surface area (Å²) in [5.74, 6) is 1.52. The van der Waals surface area contributed by atoms with Crippen molar-refractivity contribution in [2.24, 2.45) is 0 Å². The van der Waals surface area contributed by atoms with Gasteiger partial charge < -0.3 is 14.8 Å². The van der Waals surface area contributed by atoms with Gasteiger partial charge in [0.1, 0.15) is 13.2 Å². The molecule has 5 rings (SSSR count). The lowest BCUT2D eigenvalue weighted by Gasteiger charge is -2.21. The van der Waals surface area contributed by atoms with Crippen LogP contribution in [0.25, 0.3) is 16.9 Å². The van der Waals surface area contributed by atoms with Crippen LogP contribution in [0.4, 0.5) is 0 Å². The number of nitrogens with one attached hydrogen (secondary N) is 1. The van der Waals surface area contributed by atoms with Gasteiger partial charge in [-0.1, -0.05) is 23.2 Å². The van der Waals surface area contributed by atoms with Crippen LogP contribution in [-0.4, -0.2) is 53.7 Å². The van der Waals surface area contributed by atoms with Crippen molar-refractivity contribution < 1.29 is 9.47 Å². The average molecular weight is 433 g/mol. The van der Waals surface area contributed by atoms with Crippen LogP contribution in [0.1, 0.15) is 12.1 Å². The summed E-state index contributed by atoms with van der Waals surface area (Å²) >= 11 is 12.8. The molecule has 2 aliphatic heterocycles. The van der Waals surface area contributed by atoms with Crippen molar-refractivity contribution in [3.8, 4) is 22.8 Å². The number of aromatic nitrogens is 2. The van der Waals surface area contributed by atoms with Crippen molar-refractivity contribution in [2.75, 3.05) is 39.4 Å². The van der Waals surface area contributed by atoms with Gasteiger partial charge in [-0.05, 0) is 43.8 Å². The van der Waals surface area contributed by atoms with E-state index in [1.807, 2.05) is 28.8 Å². The van der Waals surface area contributed by atoms with E-state index < -0.39 is 0 Å². The van der Waals surface area contributed by atoms with Crippen LogP contribution in [0.2, 0.25) is 10.0 Å². The normalized spacial score (nSPS) is 17.4. The molecule has 0 atom stereocenters. The van der Waals surface area contributed by atoms with Gasteiger partial charge in [0.2, 0.25) is 0 Å². The molecule has 1 saturated heterocycles. The number of nitrogens with zero attached hydrogens (tertiary/aromatic N) is 3. The highest BCUT2D eigenvalue weighted by Crippen LogP contribution is 2.37. The van der Waals surface area contributed by atoms with Gasteiger partial charge in [-0.15, -0.1) is 0 Å². The fourth-order valence-corrected chi connectivity index (χ4v) is 4.48. The lowest BCUT2D eigenvalue weighted by Crippen LogP contribution is -2.28. The second-order valence-corrected chi connectivity index (χ2v) is 8.19. The molecule has 0 saturated carbocycles. The number of hydrogen-bond donors (Lipinski definition) is 1. The van der Waals surface area contributed by atoms with Crippen molar-refractivity contribution in [3.63, 3.8) is 0 Å². The molecule has 6 nitrogen and oxygen atoms in total. The maximum Gasteiger partial charge on any atom is 0.162 e. The fourth-order valence-electron chi connectivity index (χ4n) is 3.96. The van der Waals surface area contributed by atoms with Crippen LogP contribution in [0.15, 0.2) is 30.5 Å². The zero-order chi connectivity index (χ0) is 19.8. The highest BCUT2D eigenvalue weighted by atomic mass is 35.5. The molecule has 1 aromatic carbocycles. The standard InChI is InChI=1S/C21H22Cl2N4O2/c22-15-11-16(23)21-25-20(14-2-3-18-19(10-14)29-9-8-28-18)17(27(21)12-15)13-26-6-1-4-24-5-7-26/h2-3,10-12,24H,1,4-9,13H2. The summed E-state index contributed by atoms with van der Waals surface area (Å²) < 4.78 is 13.5. The molecule has 2 aliphatic rings. The van der Waals surface area contributed by atoms with Crippen LogP contribution < -0.4 is 14.8 Å². The zero-order valence-electron chi connectivity index (χ0n) is 16.0. The van der Waals surface area contributed by atoms with Gasteiger partial charge in [0.15, 0.2) is 17.1 Å². The highest BCUT2D eigenvalue weighted by molar-refractivity contribution is 6.36. The Balaban J connectivity index is 1.62. The summed E-state index contributed by atoms with van der Waals surface area (Å²) in [6.07, 6.45) is 3.01. The minimum Gasteiger partial charge on any atom is -0.486 e. The molecule has 152 valence electrons. The van der Waals surface area contributed by atoms with Crippen LogP contribution in [0.5, 0.6) is 11.5 Å². The second kappa shape index (κ2) is 8.03. The Morgan fingerprint density at radius 2 is 1.90 bits per heavy atom. The summed E-state index contributed by atoms with van der Waals surface area (Å²) in [4.78, 5) is 7.34. The topological polar surface area (TPSA) is 51.0 Å². The maximum atomic E-state index is 6.48. The number of ether oxygens (including phenoxy) is 2. The fraction of sp³-hybridized carbons (Fsp3) is 0.381. The molecule has 1 N–H and O–H groups in total. The Labute approximate surface area is 179 Å². The predicted octanol–water partition coefficient (Wildman–Crippen LogP) is 3.87.